The van der Waals surface area contributed by atoms with E-state index in [2.05, 4.69) is 15.1 Å². The van der Waals surface area contributed by atoms with Gasteiger partial charge in [0, 0.05) is 16.3 Å². The predicted molar refractivity (Wildman–Crippen MR) is 92.4 cm³/mol. The van der Waals surface area contributed by atoms with Crippen molar-refractivity contribution < 1.29 is 14.3 Å². The van der Waals surface area contributed by atoms with E-state index < -0.39 is 0 Å². The number of rotatable bonds is 1. The lowest BCUT2D eigenvalue weighted by atomic mass is 9.93. The molecule has 25 heavy (non-hydrogen) atoms. The Morgan fingerprint density at radius 1 is 1.08 bits per heavy atom. The number of ether oxygens (including phenoxy) is 1. The number of amides is 2. The summed E-state index contributed by atoms with van der Waals surface area (Å²) in [6.07, 6.45) is 2.63. The van der Waals surface area contributed by atoms with Gasteiger partial charge in [-0.3, -0.25) is 14.9 Å². The van der Waals surface area contributed by atoms with Gasteiger partial charge in [-0.25, -0.2) is 4.85 Å². The molecule has 1 aliphatic heterocycles. The van der Waals surface area contributed by atoms with Crippen molar-refractivity contribution in [2.75, 3.05) is 7.11 Å². The molecule has 1 aliphatic carbocycles. The molecule has 0 spiro atoms. The number of aromatic nitrogens is 1. The number of aromatic amines is 1. The SMILES string of the molecule is [C-]#[N+]c1ccc2[nH]c3c4c(c5c(c3c2c1OC)C(=O)NC5=O)CCC4. The lowest BCUT2D eigenvalue weighted by Crippen LogP contribution is -2.20. The van der Waals surface area contributed by atoms with Gasteiger partial charge < -0.3 is 9.72 Å². The Labute approximate surface area is 142 Å². The minimum atomic E-state index is -0.379. The van der Waals surface area contributed by atoms with Crippen LogP contribution in [0, 0.1) is 6.57 Å². The third-order valence-corrected chi connectivity index (χ3v) is 5.22. The maximum absolute atomic E-state index is 12.5. The summed E-state index contributed by atoms with van der Waals surface area (Å²) >= 11 is 0. The molecule has 2 amide bonds. The minimum Gasteiger partial charge on any atom is -0.507 e. The van der Waals surface area contributed by atoms with E-state index in [4.69, 9.17) is 11.3 Å². The largest absolute Gasteiger partial charge is 0.507 e. The number of methoxy groups -OCH3 is 1. The van der Waals surface area contributed by atoms with Crippen LogP contribution in [-0.4, -0.2) is 23.9 Å². The molecule has 0 unspecified atom stereocenters. The van der Waals surface area contributed by atoms with E-state index in [9.17, 15) is 9.59 Å². The summed E-state index contributed by atoms with van der Waals surface area (Å²) < 4.78 is 5.51. The van der Waals surface area contributed by atoms with Crippen LogP contribution >= 0.6 is 0 Å². The van der Waals surface area contributed by atoms with Crippen LogP contribution in [0.2, 0.25) is 0 Å². The third kappa shape index (κ3) is 1.57. The highest BCUT2D eigenvalue weighted by Crippen LogP contribution is 2.46. The highest BCUT2D eigenvalue weighted by Gasteiger charge is 2.37. The van der Waals surface area contributed by atoms with Crippen molar-refractivity contribution >= 4 is 39.3 Å². The van der Waals surface area contributed by atoms with Gasteiger partial charge in [0.25, 0.3) is 11.8 Å². The fraction of sp³-hybridized carbons (Fsp3) is 0.211. The van der Waals surface area contributed by atoms with Gasteiger partial charge in [-0.2, -0.15) is 0 Å². The number of aryl methyl sites for hydroxylation is 1. The molecule has 0 saturated carbocycles. The van der Waals surface area contributed by atoms with Crippen molar-refractivity contribution in [2.24, 2.45) is 0 Å². The first-order chi connectivity index (χ1) is 12.2. The molecule has 1 aromatic heterocycles. The first-order valence-corrected chi connectivity index (χ1v) is 8.09. The zero-order valence-corrected chi connectivity index (χ0v) is 13.4. The standard InChI is InChI=1S/C19H13N3O3/c1-20-11-7-6-10-13(17(11)25-2)14-15-12(18(23)22-19(15)24)8-4-3-5-9(8)16(14)21-10/h6-7,21H,3-5H2,2H3,(H,22,23,24). The van der Waals surface area contributed by atoms with E-state index in [1.807, 2.05) is 6.07 Å². The number of benzene rings is 2. The zero-order valence-electron chi connectivity index (χ0n) is 13.4. The number of H-pyrrole nitrogens is 1. The number of imide groups is 1. The molecule has 0 saturated heterocycles. The normalized spacial score (nSPS) is 15.4. The molecule has 0 atom stereocenters. The van der Waals surface area contributed by atoms with E-state index in [1.54, 1.807) is 6.07 Å². The van der Waals surface area contributed by atoms with E-state index in [-0.39, 0.29) is 11.8 Å². The Morgan fingerprint density at radius 2 is 1.84 bits per heavy atom. The maximum Gasteiger partial charge on any atom is 0.259 e. The second-order valence-corrected chi connectivity index (χ2v) is 6.37. The van der Waals surface area contributed by atoms with Crippen LogP contribution in [0.15, 0.2) is 12.1 Å². The highest BCUT2D eigenvalue weighted by atomic mass is 16.5. The molecule has 3 aromatic rings. The average Bonchev–Trinajstić information content (AvgIpc) is 3.29. The topological polar surface area (TPSA) is 75.6 Å². The van der Waals surface area contributed by atoms with E-state index in [0.717, 1.165) is 41.4 Å². The summed E-state index contributed by atoms with van der Waals surface area (Å²) in [6, 6.07) is 3.53. The van der Waals surface area contributed by atoms with E-state index in [0.29, 0.717) is 33.3 Å². The van der Waals surface area contributed by atoms with Gasteiger partial charge in [-0.1, -0.05) is 6.07 Å². The zero-order chi connectivity index (χ0) is 17.3. The van der Waals surface area contributed by atoms with Crippen LogP contribution in [0.1, 0.15) is 38.3 Å². The number of carbonyl (C=O) groups excluding carboxylic acids is 2. The minimum absolute atomic E-state index is 0.324. The van der Waals surface area contributed by atoms with Crippen molar-refractivity contribution in [1.29, 1.82) is 0 Å². The van der Waals surface area contributed by atoms with Crippen LogP contribution < -0.4 is 10.1 Å². The van der Waals surface area contributed by atoms with Crippen LogP contribution in [0.4, 0.5) is 5.69 Å². The Kier molecular flexibility index (Phi) is 2.59. The van der Waals surface area contributed by atoms with Crippen LogP contribution in [0.3, 0.4) is 0 Å². The number of fused-ring (bicyclic) bond motifs is 8. The lowest BCUT2D eigenvalue weighted by molar-refractivity contribution is 0.0880. The molecule has 5 rings (SSSR count). The number of nitrogens with zero attached hydrogens (tertiary/aromatic N) is 1. The van der Waals surface area contributed by atoms with Gasteiger partial charge in [0.2, 0.25) is 5.69 Å². The van der Waals surface area contributed by atoms with E-state index in [1.165, 1.54) is 7.11 Å². The number of nitrogens with one attached hydrogen (secondary N) is 2. The smallest absolute Gasteiger partial charge is 0.259 e. The van der Waals surface area contributed by atoms with Gasteiger partial charge in [-0.15, -0.1) is 0 Å². The molecular weight excluding hydrogens is 318 g/mol. The summed E-state index contributed by atoms with van der Waals surface area (Å²) in [6.45, 7) is 7.37. The van der Waals surface area contributed by atoms with Crippen LogP contribution in [-0.2, 0) is 12.8 Å². The Morgan fingerprint density at radius 3 is 2.60 bits per heavy atom. The van der Waals surface area contributed by atoms with Gasteiger partial charge in [-0.05, 0) is 36.5 Å². The molecule has 0 fully saturated rings. The fourth-order valence-electron chi connectivity index (χ4n) is 4.29. The monoisotopic (exact) mass is 331 g/mol. The summed E-state index contributed by atoms with van der Waals surface area (Å²) in [5.74, 6) is -0.267. The van der Waals surface area contributed by atoms with E-state index >= 15 is 0 Å². The molecule has 122 valence electrons. The Bertz CT molecular complexity index is 1180. The highest BCUT2D eigenvalue weighted by molar-refractivity contribution is 6.32. The summed E-state index contributed by atoms with van der Waals surface area (Å²) in [5, 5.41) is 3.82. The van der Waals surface area contributed by atoms with Gasteiger partial charge in [0.15, 0.2) is 0 Å². The first kappa shape index (κ1) is 14.1. The molecule has 2 heterocycles. The lowest BCUT2D eigenvalue weighted by Gasteiger charge is -2.09. The third-order valence-electron chi connectivity index (χ3n) is 5.22. The molecule has 0 radical (unpaired) electrons. The molecule has 0 bridgehead atoms. The first-order valence-electron chi connectivity index (χ1n) is 8.09. The van der Waals surface area contributed by atoms with Crippen molar-refractivity contribution in [3.63, 3.8) is 0 Å². The number of hydrogen-bond donors (Lipinski definition) is 2. The predicted octanol–water partition coefficient (Wildman–Crippen LogP) is 3.25. The molecule has 6 nitrogen and oxygen atoms in total. The van der Waals surface area contributed by atoms with Gasteiger partial charge >= 0.3 is 0 Å². The fourth-order valence-corrected chi connectivity index (χ4v) is 4.29. The molecule has 2 N–H and O–H groups in total. The average molecular weight is 331 g/mol. The second kappa shape index (κ2) is 4.61. The number of carbonyl (C=O) groups is 2. The maximum atomic E-state index is 12.5. The molecule has 6 heteroatoms. The Hall–Kier alpha value is -3.33. The van der Waals surface area contributed by atoms with Crippen molar-refractivity contribution in [2.45, 2.75) is 19.3 Å². The summed E-state index contributed by atoms with van der Waals surface area (Å²) in [5.41, 5.74) is 5.05. The van der Waals surface area contributed by atoms with Crippen molar-refractivity contribution in [3.8, 4) is 5.75 Å². The second-order valence-electron chi connectivity index (χ2n) is 6.37. The summed E-state index contributed by atoms with van der Waals surface area (Å²) in [7, 11) is 1.51. The van der Waals surface area contributed by atoms with Crippen LogP contribution in [0.25, 0.3) is 26.7 Å². The quantitative estimate of drug-likeness (QED) is 0.531. The molecule has 2 aliphatic rings. The number of hydrogen-bond acceptors (Lipinski definition) is 3. The van der Waals surface area contributed by atoms with Crippen molar-refractivity contribution in [1.82, 2.24) is 10.3 Å². The Balaban J connectivity index is 2.09. The van der Waals surface area contributed by atoms with Crippen LogP contribution in [0.5, 0.6) is 5.75 Å². The molecular formula is C19H13N3O3. The van der Waals surface area contributed by atoms with Crippen molar-refractivity contribution in [3.05, 3.63) is 45.8 Å². The summed E-state index contributed by atoms with van der Waals surface area (Å²) in [4.78, 5) is 31.8. The van der Waals surface area contributed by atoms with Gasteiger partial charge in [0.05, 0.1) is 30.3 Å². The molecule has 2 aromatic carbocycles. The van der Waals surface area contributed by atoms with Gasteiger partial charge in [0.1, 0.15) is 5.75 Å².